The maximum atomic E-state index is 12.7. The summed E-state index contributed by atoms with van der Waals surface area (Å²) < 4.78 is 48.3. The second kappa shape index (κ2) is 8.99. The van der Waals surface area contributed by atoms with E-state index >= 15 is 0 Å². The lowest BCUT2D eigenvalue weighted by Crippen LogP contribution is -2.38. The van der Waals surface area contributed by atoms with Gasteiger partial charge < -0.3 is 20.1 Å². The zero-order valence-electron chi connectivity index (χ0n) is 13.3. The number of carbonyl (C=O) groups excluding carboxylic acids is 2. The topological polar surface area (TPSA) is 76.7 Å². The van der Waals surface area contributed by atoms with Crippen molar-refractivity contribution in [1.29, 1.82) is 0 Å². The van der Waals surface area contributed by atoms with E-state index in [1.54, 1.807) is 6.92 Å². The van der Waals surface area contributed by atoms with Gasteiger partial charge in [0.15, 0.2) is 0 Å². The first-order valence-corrected chi connectivity index (χ1v) is 7.25. The molecule has 0 radical (unpaired) electrons. The van der Waals surface area contributed by atoms with E-state index in [9.17, 15) is 22.8 Å². The lowest BCUT2D eigenvalue weighted by Gasteiger charge is -2.19. The molecule has 1 rings (SSSR count). The van der Waals surface area contributed by atoms with Gasteiger partial charge >= 0.3 is 12.3 Å². The molecule has 1 aromatic rings. The number of alkyl carbamates (subject to hydrolysis) is 1. The fourth-order valence-corrected chi connectivity index (χ4v) is 1.68. The molecule has 0 aromatic heterocycles. The smallest absolute Gasteiger partial charge is 0.416 e. The number of ether oxygens (including phenoxy) is 2. The number of alkyl halides is 3. The largest absolute Gasteiger partial charge is 0.455 e. The molecule has 0 bridgehead atoms. The summed E-state index contributed by atoms with van der Waals surface area (Å²) in [5.74, 6) is -0.486. The van der Waals surface area contributed by atoms with Crippen molar-refractivity contribution in [3.8, 4) is 5.75 Å². The molecule has 0 fully saturated rings. The zero-order chi connectivity index (χ0) is 18.2. The molecule has 0 aliphatic carbocycles. The molecule has 0 aliphatic rings. The van der Waals surface area contributed by atoms with E-state index in [0.29, 0.717) is 6.42 Å². The van der Waals surface area contributed by atoms with Crippen molar-refractivity contribution in [3.05, 3.63) is 29.8 Å². The van der Waals surface area contributed by atoms with Crippen LogP contribution < -0.4 is 15.4 Å². The van der Waals surface area contributed by atoms with Crippen molar-refractivity contribution >= 4 is 12.0 Å². The molecule has 1 atom stereocenters. The maximum Gasteiger partial charge on any atom is 0.416 e. The Labute approximate surface area is 137 Å². The second-order valence-corrected chi connectivity index (χ2v) is 4.79. The van der Waals surface area contributed by atoms with Crippen molar-refractivity contribution in [2.24, 2.45) is 0 Å². The maximum absolute atomic E-state index is 12.7. The predicted octanol–water partition coefficient (Wildman–Crippen LogP) is 2.68. The lowest BCUT2D eigenvalue weighted by atomic mass is 10.2. The number of carbonyl (C=O) groups is 2. The van der Waals surface area contributed by atoms with Gasteiger partial charge in [-0.2, -0.15) is 13.2 Å². The average molecular weight is 348 g/mol. The highest BCUT2D eigenvalue weighted by molar-refractivity contribution is 5.81. The monoisotopic (exact) mass is 348 g/mol. The Morgan fingerprint density at radius 3 is 2.58 bits per heavy atom. The number of hydrogen-bond donors (Lipinski definition) is 2. The summed E-state index contributed by atoms with van der Waals surface area (Å²) in [7, 11) is 1.41. The molecule has 6 nitrogen and oxygen atoms in total. The van der Waals surface area contributed by atoms with Crippen LogP contribution in [0.3, 0.4) is 0 Å². The van der Waals surface area contributed by atoms with Gasteiger partial charge in [0.2, 0.25) is 12.2 Å². The summed E-state index contributed by atoms with van der Waals surface area (Å²) >= 11 is 0. The molecule has 0 saturated carbocycles. The molecule has 134 valence electrons. The Balaban J connectivity index is 2.69. The first kappa shape index (κ1) is 19.6. The molecule has 2 amide bonds. The van der Waals surface area contributed by atoms with E-state index in [0.717, 1.165) is 12.1 Å². The summed E-state index contributed by atoms with van der Waals surface area (Å²) in [5, 5.41) is 4.52. The van der Waals surface area contributed by atoms with Crippen LogP contribution in [0.25, 0.3) is 0 Å². The van der Waals surface area contributed by atoms with Crippen molar-refractivity contribution in [2.45, 2.75) is 32.2 Å². The molecular weight excluding hydrogens is 329 g/mol. The summed E-state index contributed by atoms with van der Waals surface area (Å²) in [5.41, 5.74) is -0.862. The summed E-state index contributed by atoms with van der Waals surface area (Å²) in [6.45, 7) is 1.52. The minimum Gasteiger partial charge on any atom is -0.455 e. The van der Waals surface area contributed by atoms with Gasteiger partial charge in [-0.25, -0.2) is 4.79 Å². The molecule has 2 N–H and O–H groups in total. The normalized spacial score (nSPS) is 12.2. The number of hydrogen-bond acceptors (Lipinski definition) is 4. The molecule has 24 heavy (non-hydrogen) atoms. The minimum atomic E-state index is -4.49. The van der Waals surface area contributed by atoms with Crippen molar-refractivity contribution in [2.75, 3.05) is 13.6 Å². The summed E-state index contributed by atoms with van der Waals surface area (Å²) in [6, 6.07) is 4.28. The third kappa shape index (κ3) is 6.76. The average Bonchev–Trinajstić information content (AvgIpc) is 2.52. The van der Waals surface area contributed by atoms with Gasteiger partial charge in [-0.1, -0.05) is 13.0 Å². The predicted molar refractivity (Wildman–Crippen MR) is 79.3 cm³/mol. The summed E-state index contributed by atoms with van der Waals surface area (Å²) in [6.07, 6.45) is -5.60. The number of benzene rings is 1. The Morgan fingerprint density at radius 1 is 1.29 bits per heavy atom. The SMILES string of the molecule is CCCC(OC(=O)NCC(=O)NC)Oc1cccc(C(F)(F)F)c1. The Morgan fingerprint density at radius 2 is 2.00 bits per heavy atom. The number of halogens is 3. The Hall–Kier alpha value is -2.45. The van der Waals surface area contributed by atoms with Gasteiger partial charge in [-0.05, 0) is 24.6 Å². The van der Waals surface area contributed by atoms with Crippen LogP contribution in [0.4, 0.5) is 18.0 Å². The molecule has 1 aromatic carbocycles. The van der Waals surface area contributed by atoms with E-state index in [2.05, 4.69) is 10.6 Å². The van der Waals surface area contributed by atoms with Gasteiger partial charge in [-0.15, -0.1) is 0 Å². The Bertz CT molecular complexity index is 564. The standard InChI is InChI=1S/C15H19F3N2O4/c1-3-5-13(24-14(22)20-9-12(21)19-2)23-11-7-4-6-10(8-11)15(16,17)18/h4,6-8,13H,3,5,9H2,1-2H3,(H,19,21)(H,20,22). The third-order valence-electron chi connectivity index (χ3n) is 2.86. The molecular formula is C15H19F3N2O4. The molecule has 0 heterocycles. The highest BCUT2D eigenvalue weighted by Gasteiger charge is 2.31. The molecule has 0 spiro atoms. The zero-order valence-corrected chi connectivity index (χ0v) is 13.3. The van der Waals surface area contributed by atoms with E-state index in [1.165, 1.54) is 19.2 Å². The molecule has 0 aliphatic heterocycles. The first-order valence-electron chi connectivity index (χ1n) is 7.25. The number of amides is 2. The van der Waals surface area contributed by atoms with E-state index < -0.39 is 30.0 Å². The van der Waals surface area contributed by atoms with Crippen LogP contribution in [0, 0.1) is 0 Å². The second-order valence-electron chi connectivity index (χ2n) is 4.79. The van der Waals surface area contributed by atoms with Gasteiger partial charge in [-0.3, -0.25) is 4.79 Å². The van der Waals surface area contributed by atoms with Crippen LogP contribution in [0.15, 0.2) is 24.3 Å². The lowest BCUT2D eigenvalue weighted by molar-refractivity contribution is -0.137. The van der Waals surface area contributed by atoms with Crippen LogP contribution in [0.5, 0.6) is 5.75 Å². The molecule has 9 heteroatoms. The Kier molecular flexibility index (Phi) is 7.34. The van der Waals surface area contributed by atoms with Gasteiger partial charge in [0.1, 0.15) is 5.75 Å². The number of nitrogens with one attached hydrogen (secondary N) is 2. The van der Waals surface area contributed by atoms with Gasteiger partial charge in [0, 0.05) is 13.5 Å². The molecule has 1 unspecified atom stereocenters. The van der Waals surface area contributed by atoms with E-state index in [1.807, 2.05) is 0 Å². The highest BCUT2D eigenvalue weighted by Crippen LogP contribution is 2.31. The van der Waals surface area contributed by atoms with E-state index in [-0.39, 0.29) is 18.7 Å². The number of likely N-dealkylation sites (N-methyl/N-ethyl adjacent to an activating group) is 1. The van der Waals surface area contributed by atoms with Crippen LogP contribution in [-0.4, -0.2) is 31.9 Å². The van der Waals surface area contributed by atoms with Gasteiger partial charge in [0.25, 0.3) is 0 Å². The fourth-order valence-electron chi connectivity index (χ4n) is 1.68. The van der Waals surface area contributed by atoms with E-state index in [4.69, 9.17) is 9.47 Å². The molecule has 0 saturated heterocycles. The quantitative estimate of drug-likeness (QED) is 0.743. The number of rotatable bonds is 7. The van der Waals surface area contributed by atoms with Crippen molar-refractivity contribution in [1.82, 2.24) is 10.6 Å². The van der Waals surface area contributed by atoms with Crippen LogP contribution in [-0.2, 0) is 15.7 Å². The fraction of sp³-hybridized carbons (Fsp3) is 0.467. The summed E-state index contributed by atoms with van der Waals surface area (Å²) in [4.78, 5) is 22.6. The highest BCUT2D eigenvalue weighted by atomic mass is 19.4. The first-order chi connectivity index (χ1) is 11.3. The third-order valence-corrected chi connectivity index (χ3v) is 2.86. The van der Waals surface area contributed by atoms with Crippen LogP contribution in [0.1, 0.15) is 25.3 Å². The van der Waals surface area contributed by atoms with Crippen LogP contribution in [0.2, 0.25) is 0 Å². The minimum absolute atomic E-state index is 0.0672. The van der Waals surface area contributed by atoms with Crippen LogP contribution >= 0.6 is 0 Å². The van der Waals surface area contributed by atoms with Gasteiger partial charge in [0.05, 0.1) is 12.1 Å². The van der Waals surface area contributed by atoms with Crippen molar-refractivity contribution < 1.29 is 32.2 Å². The van der Waals surface area contributed by atoms with Crippen molar-refractivity contribution in [3.63, 3.8) is 0 Å².